The van der Waals surface area contributed by atoms with Crippen molar-refractivity contribution in [2.75, 3.05) is 0 Å². The van der Waals surface area contributed by atoms with Crippen molar-refractivity contribution >= 4 is 5.97 Å². The molecule has 1 aromatic heterocycles. The molecule has 0 aliphatic heterocycles. The van der Waals surface area contributed by atoms with Crippen LogP contribution in [0, 0.1) is 11.6 Å². The van der Waals surface area contributed by atoms with Gasteiger partial charge in [0.2, 0.25) is 5.76 Å². The Bertz CT molecular complexity index is 526. The Hall–Kier alpha value is -2.17. The van der Waals surface area contributed by atoms with Gasteiger partial charge in [-0.1, -0.05) is 0 Å². The third-order valence-corrected chi connectivity index (χ3v) is 1.96. The van der Waals surface area contributed by atoms with Gasteiger partial charge in [0.1, 0.15) is 17.4 Å². The highest BCUT2D eigenvalue weighted by Gasteiger charge is 2.11. The summed E-state index contributed by atoms with van der Waals surface area (Å²) in [7, 11) is 0. The highest BCUT2D eigenvalue weighted by Crippen LogP contribution is 2.23. The maximum atomic E-state index is 12.9. The molecule has 0 bridgehead atoms. The van der Waals surface area contributed by atoms with Crippen LogP contribution in [0.25, 0.3) is 11.3 Å². The zero-order valence-corrected chi connectivity index (χ0v) is 7.91. The first kappa shape index (κ1) is 10.4. The quantitative estimate of drug-likeness (QED) is 0.853. The van der Waals surface area contributed by atoms with Gasteiger partial charge in [-0.15, -0.1) is 0 Å². The first-order chi connectivity index (χ1) is 7.56. The van der Waals surface area contributed by atoms with Crippen LogP contribution in [0.15, 0.2) is 34.7 Å². The van der Waals surface area contributed by atoms with E-state index >= 15 is 0 Å². The molecule has 0 saturated carbocycles. The maximum Gasteiger partial charge on any atom is 0.371 e. The SMILES string of the molecule is O=C(O)c1ccc(-c2cc(F)cc(F)c2)o1. The number of carboxylic acids is 1. The summed E-state index contributed by atoms with van der Waals surface area (Å²) in [4.78, 5) is 10.5. The number of rotatable bonds is 2. The Balaban J connectivity index is 2.46. The Kier molecular flexibility index (Phi) is 2.44. The predicted octanol–water partition coefficient (Wildman–Crippen LogP) is 2.92. The molecule has 2 aromatic rings. The van der Waals surface area contributed by atoms with Gasteiger partial charge >= 0.3 is 5.97 Å². The van der Waals surface area contributed by atoms with Crippen molar-refractivity contribution in [3.05, 3.63) is 47.7 Å². The molecule has 0 spiro atoms. The highest BCUT2D eigenvalue weighted by molar-refractivity contribution is 5.85. The summed E-state index contributed by atoms with van der Waals surface area (Å²) in [6, 6.07) is 5.42. The van der Waals surface area contributed by atoms with E-state index in [9.17, 15) is 13.6 Å². The van der Waals surface area contributed by atoms with Crippen LogP contribution in [-0.4, -0.2) is 11.1 Å². The van der Waals surface area contributed by atoms with Crippen molar-refractivity contribution in [3.63, 3.8) is 0 Å². The van der Waals surface area contributed by atoms with Crippen LogP contribution < -0.4 is 0 Å². The monoisotopic (exact) mass is 224 g/mol. The van der Waals surface area contributed by atoms with Gasteiger partial charge in [-0.25, -0.2) is 13.6 Å². The van der Waals surface area contributed by atoms with Gasteiger partial charge in [0.25, 0.3) is 0 Å². The average molecular weight is 224 g/mol. The first-order valence-electron chi connectivity index (χ1n) is 4.36. The van der Waals surface area contributed by atoms with Gasteiger partial charge in [0.15, 0.2) is 0 Å². The fourth-order valence-electron chi connectivity index (χ4n) is 1.30. The molecule has 1 N–H and O–H groups in total. The summed E-state index contributed by atoms with van der Waals surface area (Å²) in [6.07, 6.45) is 0. The summed E-state index contributed by atoms with van der Waals surface area (Å²) in [5.74, 6) is -2.90. The number of furan rings is 1. The third kappa shape index (κ3) is 1.93. The van der Waals surface area contributed by atoms with Crippen molar-refractivity contribution in [1.29, 1.82) is 0 Å². The predicted molar refractivity (Wildman–Crippen MR) is 51.0 cm³/mol. The Morgan fingerprint density at radius 1 is 1.12 bits per heavy atom. The molecule has 0 radical (unpaired) electrons. The van der Waals surface area contributed by atoms with Crippen LogP contribution in [-0.2, 0) is 0 Å². The molecule has 0 atom stereocenters. The van der Waals surface area contributed by atoms with Crippen LogP contribution in [0.4, 0.5) is 8.78 Å². The molecule has 0 aliphatic rings. The summed E-state index contributed by atoms with van der Waals surface area (Å²) < 4.78 is 30.7. The summed E-state index contributed by atoms with van der Waals surface area (Å²) in [5, 5.41) is 8.61. The van der Waals surface area contributed by atoms with E-state index in [1.54, 1.807) is 0 Å². The van der Waals surface area contributed by atoms with Gasteiger partial charge in [0, 0.05) is 11.6 Å². The number of carbonyl (C=O) groups is 1. The van der Waals surface area contributed by atoms with E-state index < -0.39 is 17.6 Å². The molecule has 3 nitrogen and oxygen atoms in total. The topological polar surface area (TPSA) is 50.4 Å². The minimum Gasteiger partial charge on any atom is -0.475 e. The van der Waals surface area contributed by atoms with Crippen molar-refractivity contribution in [3.8, 4) is 11.3 Å². The lowest BCUT2D eigenvalue weighted by molar-refractivity contribution is 0.0663. The van der Waals surface area contributed by atoms with Gasteiger partial charge in [-0.05, 0) is 24.3 Å². The zero-order chi connectivity index (χ0) is 11.7. The maximum absolute atomic E-state index is 12.9. The molecule has 0 fully saturated rings. The molecule has 16 heavy (non-hydrogen) atoms. The molecule has 2 rings (SSSR count). The highest BCUT2D eigenvalue weighted by atomic mass is 19.1. The largest absolute Gasteiger partial charge is 0.475 e. The fourth-order valence-corrected chi connectivity index (χ4v) is 1.30. The molecule has 1 aromatic carbocycles. The number of benzene rings is 1. The van der Waals surface area contributed by atoms with Crippen LogP contribution in [0.5, 0.6) is 0 Å². The number of hydrogen-bond donors (Lipinski definition) is 1. The summed E-state index contributed by atoms with van der Waals surface area (Å²) in [5.41, 5.74) is 0.157. The average Bonchev–Trinajstić information content (AvgIpc) is 2.64. The molecule has 1 heterocycles. The smallest absolute Gasteiger partial charge is 0.371 e. The molecular weight excluding hydrogens is 218 g/mol. The fraction of sp³-hybridized carbons (Fsp3) is 0. The van der Waals surface area contributed by atoms with E-state index in [1.165, 1.54) is 12.1 Å². The molecule has 0 saturated heterocycles. The molecule has 0 unspecified atom stereocenters. The van der Waals surface area contributed by atoms with E-state index in [0.29, 0.717) is 0 Å². The van der Waals surface area contributed by atoms with E-state index in [2.05, 4.69) is 0 Å². The summed E-state index contributed by atoms with van der Waals surface area (Å²) >= 11 is 0. The van der Waals surface area contributed by atoms with E-state index in [-0.39, 0.29) is 17.1 Å². The van der Waals surface area contributed by atoms with Crippen LogP contribution in [0.2, 0.25) is 0 Å². The van der Waals surface area contributed by atoms with Crippen LogP contribution >= 0.6 is 0 Å². The second kappa shape index (κ2) is 3.77. The zero-order valence-electron chi connectivity index (χ0n) is 7.91. The second-order valence-electron chi connectivity index (χ2n) is 3.13. The normalized spacial score (nSPS) is 10.4. The molecule has 0 aliphatic carbocycles. The third-order valence-electron chi connectivity index (χ3n) is 1.96. The molecular formula is C11H6F2O3. The second-order valence-corrected chi connectivity index (χ2v) is 3.13. The standard InChI is InChI=1S/C11H6F2O3/c12-7-3-6(4-8(13)5-7)9-1-2-10(16-9)11(14)15/h1-5H,(H,14,15). The van der Waals surface area contributed by atoms with Crippen molar-refractivity contribution < 1.29 is 23.1 Å². The summed E-state index contributed by atoms with van der Waals surface area (Å²) in [6.45, 7) is 0. The van der Waals surface area contributed by atoms with Crippen molar-refractivity contribution in [1.82, 2.24) is 0 Å². The van der Waals surface area contributed by atoms with E-state index in [0.717, 1.165) is 18.2 Å². The van der Waals surface area contributed by atoms with Gasteiger partial charge < -0.3 is 9.52 Å². The van der Waals surface area contributed by atoms with Gasteiger partial charge in [-0.2, -0.15) is 0 Å². The van der Waals surface area contributed by atoms with Gasteiger partial charge in [0.05, 0.1) is 0 Å². The lowest BCUT2D eigenvalue weighted by atomic mass is 10.1. The number of halogens is 2. The van der Waals surface area contributed by atoms with Crippen molar-refractivity contribution in [2.45, 2.75) is 0 Å². The van der Waals surface area contributed by atoms with E-state index in [1.807, 2.05) is 0 Å². The number of carboxylic acid groups (broad SMARTS) is 1. The number of hydrogen-bond acceptors (Lipinski definition) is 2. The minimum absolute atomic E-state index is 0.107. The molecule has 82 valence electrons. The molecule has 0 amide bonds. The Morgan fingerprint density at radius 2 is 1.75 bits per heavy atom. The van der Waals surface area contributed by atoms with Crippen LogP contribution in [0.3, 0.4) is 0 Å². The first-order valence-corrected chi connectivity index (χ1v) is 4.36. The van der Waals surface area contributed by atoms with Crippen molar-refractivity contribution in [2.24, 2.45) is 0 Å². The molecule has 5 heteroatoms. The van der Waals surface area contributed by atoms with E-state index in [4.69, 9.17) is 9.52 Å². The lowest BCUT2D eigenvalue weighted by Gasteiger charge is -1.97. The number of aromatic carboxylic acids is 1. The van der Waals surface area contributed by atoms with Gasteiger partial charge in [-0.3, -0.25) is 0 Å². The minimum atomic E-state index is -1.23. The van der Waals surface area contributed by atoms with Crippen LogP contribution in [0.1, 0.15) is 10.6 Å². The lowest BCUT2D eigenvalue weighted by Crippen LogP contribution is -1.91. The Labute approximate surface area is 88.9 Å². The Morgan fingerprint density at radius 3 is 2.25 bits per heavy atom.